The van der Waals surface area contributed by atoms with Crippen LogP contribution >= 0.6 is 0 Å². The van der Waals surface area contributed by atoms with Crippen LogP contribution in [-0.2, 0) is 9.84 Å². The molecule has 21 heavy (non-hydrogen) atoms. The van der Waals surface area contributed by atoms with Gasteiger partial charge in [0.05, 0.1) is 12.9 Å². The molecule has 1 aliphatic heterocycles. The fourth-order valence-electron chi connectivity index (χ4n) is 2.37. The van der Waals surface area contributed by atoms with Gasteiger partial charge in [-0.3, -0.25) is 4.90 Å². The molecule has 0 bridgehead atoms. The van der Waals surface area contributed by atoms with Crippen molar-refractivity contribution >= 4 is 15.5 Å². The van der Waals surface area contributed by atoms with E-state index in [1.807, 2.05) is 0 Å². The Morgan fingerprint density at radius 1 is 1.24 bits per heavy atom. The first-order valence-corrected chi connectivity index (χ1v) is 8.65. The molecule has 0 aliphatic carbocycles. The highest BCUT2D eigenvalue weighted by Gasteiger charge is 2.22. The molecule has 1 fully saturated rings. The molecule has 118 valence electrons. The highest BCUT2D eigenvalue weighted by atomic mass is 32.2. The van der Waals surface area contributed by atoms with Gasteiger partial charge in [-0.2, -0.15) is 0 Å². The first kappa shape index (κ1) is 16.1. The van der Waals surface area contributed by atoms with E-state index in [1.54, 1.807) is 12.1 Å². The number of nitrogen functional groups attached to an aromatic ring is 1. The molecule has 2 N–H and O–H groups in total. The molecule has 1 aromatic carbocycles. The lowest BCUT2D eigenvalue weighted by Gasteiger charge is -2.32. The number of anilines is 1. The minimum Gasteiger partial charge on any atom is -0.495 e. The van der Waals surface area contributed by atoms with Crippen LogP contribution in [0.1, 0.15) is 0 Å². The quantitative estimate of drug-likeness (QED) is 0.788. The number of ether oxygens (including phenoxy) is 1. The third kappa shape index (κ3) is 4.09. The number of piperazine rings is 1. The number of methoxy groups -OCH3 is 1. The van der Waals surface area contributed by atoms with Gasteiger partial charge in [0.2, 0.25) is 0 Å². The summed E-state index contributed by atoms with van der Waals surface area (Å²) in [5.74, 6) is 0.408. The zero-order valence-electron chi connectivity index (χ0n) is 12.6. The summed E-state index contributed by atoms with van der Waals surface area (Å²) in [6.07, 6.45) is 0. The second kappa shape index (κ2) is 6.64. The van der Waals surface area contributed by atoms with Gasteiger partial charge in [-0.05, 0) is 19.2 Å². The molecule has 0 unspecified atom stereocenters. The standard InChI is InChI=1S/C14H23N3O3S/c1-16-5-7-17(8-6-16)9-10-21(18,19)14-4-3-12(15)11-13(14)20-2/h3-4,11H,5-10,15H2,1-2H3. The van der Waals surface area contributed by atoms with E-state index in [-0.39, 0.29) is 10.6 Å². The molecule has 1 aliphatic rings. The monoisotopic (exact) mass is 313 g/mol. The van der Waals surface area contributed by atoms with Crippen LogP contribution in [0.5, 0.6) is 5.75 Å². The summed E-state index contributed by atoms with van der Waals surface area (Å²) in [6, 6.07) is 4.65. The molecular weight excluding hydrogens is 290 g/mol. The number of hydrogen-bond acceptors (Lipinski definition) is 6. The normalized spacial score (nSPS) is 17.8. The predicted octanol–water partition coefficient (Wildman–Crippen LogP) is 0.299. The number of sulfone groups is 1. The van der Waals surface area contributed by atoms with Gasteiger partial charge in [0.1, 0.15) is 10.6 Å². The minimum atomic E-state index is -3.37. The highest BCUT2D eigenvalue weighted by molar-refractivity contribution is 7.91. The summed E-state index contributed by atoms with van der Waals surface area (Å²) in [5.41, 5.74) is 6.15. The van der Waals surface area contributed by atoms with Crippen molar-refractivity contribution in [3.05, 3.63) is 18.2 Å². The number of nitrogens with two attached hydrogens (primary N) is 1. The summed E-state index contributed by atoms with van der Waals surface area (Å²) >= 11 is 0. The molecule has 1 aromatic rings. The molecule has 6 nitrogen and oxygen atoms in total. The SMILES string of the molecule is COc1cc(N)ccc1S(=O)(=O)CCN1CCN(C)CC1. The van der Waals surface area contributed by atoms with Crippen LogP contribution in [0.15, 0.2) is 23.1 Å². The lowest BCUT2D eigenvalue weighted by molar-refractivity contribution is 0.161. The maximum absolute atomic E-state index is 12.5. The van der Waals surface area contributed by atoms with Gasteiger partial charge in [-0.15, -0.1) is 0 Å². The van der Waals surface area contributed by atoms with Gasteiger partial charge in [-0.25, -0.2) is 8.42 Å². The fraction of sp³-hybridized carbons (Fsp3) is 0.571. The van der Waals surface area contributed by atoms with Crippen molar-refractivity contribution in [3.63, 3.8) is 0 Å². The van der Waals surface area contributed by atoms with Crippen molar-refractivity contribution in [3.8, 4) is 5.75 Å². The molecule has 2 rings (SSSR count). The lowest BCUT2D eigenvalue weighted by Crippen LogP contribution is -2.45. The van der Waals surface area contributed by atoms with E-state index in [4.69, 9.17) is 10.5 Å². The van der Waals surface area contributed by atoms with Crippen LogP contribution in [-0.4, -0.2) is 70.9 Å². The van der Waals surface area contributed by atoms with Crippen molar-refractivity contribution < 1.29 is 13.2 Å². The minimum absolute atomic E-state index is 0.0942. The van der Waals surface area contributed by atoms with Crippen molar-refractivity contribution in [1.82, 2.24) is 9.80 Å². The third-order valence-electron chi connectivity index (χ3n) is 3.79. The largest absolute Gasteiger partial charge is 0.495 e. The molecule has 0 radical (unpaired) electrons. The van der Waals surface area contributed by atoms with E-state index in [0.717, 1.165) is 26.2 Å². The van der Waals surface area contributed by atoms with Gasteiger partial charge in [0.15, 0.2) is 9.84 Å². The van der Waals surface area contributed by atoms with Crippen LogP contribution in [0.4, 0.5) is 5.69 Å². The number of benzene rings is 1. The summed E-state index contributed by atoms with van der Waals surface area (Å²) in [7, 11) is 0.161. The van der Waals surface area contributed by atoms with E-state index in [1.165, 1.54) is 13.2 Å². The summed E-state index contributed by atoms with van der Waals surface area (Å²) in [6.45, 7) is 4.32. The van der Waals surface area contributed by atoms with Crippen LogP contribution in [0, 0.1) is 0 Å². The molecule has 0 amide bonds. The smallest absolute Gasteiger partial charge is 0.183 e. The van der Waals surface area contributed by atoms with E-state index in [0.29, 0.717) is 18.0 Å². The Hall–Kier alpha value is -1.31. The molecule has 0 spiro atoms. The van der Waals surface area contributed by atoms with Gasteiger partial charge < -0.3 is 15.4 Å². The van der Waals surface area contributed by atoms with Crippen LogP contribution < -0.4 is 10.5 Å². The predicted molar refractivity (Wildman–Crippen MR) is 83.4 cm³/mol. The Morgan fingerprint density at radius 3 is 2.52 bits per heavy atom. The molecule has 7 heteroatoms. The zero-order chi connectivity index (χ0) is 15.5. The first-order chi connectivity index (χ1) is 9.92. The van der Waals surface area contributed by atoms with Crippen LogP contribution in [0.2, 0.25) is 0 Å². The van der Waals surface area contributed by atoms with E-state index in [2.05, 4.69) is 16.8 Å². The Kier molecular flexibility index (Phi) is 5.08. The first-order valence-electron chi connectivity index (χ1n) is 6.99. The number of likely N-dealkylation sites (N-methyl/N-ethyl adjacent to an activating group) is 1. The Bertz CT molecular complexity index is 581. The lowest BCUT2D eigenvalue weighted by atomic mass is 10.3. The number of nitrogens with zero attached hydrogens (tertiary/aromatic N) is 2. The molecule has 1 heterocycles. The van der Waals surface area contributed by atoms with Gasteiger partial charge >= 0.3 is 0 Å². The zero-order valence-corrected chi connectivity index (χ0v) is 13.4. The summed E-state index contributed by atoms with van der Waals surface area (Å²) < 4.78 is 30.1. The van der Waals surface area contributed by atoms with Crippen LogP contribution in [0.3, 0.4) is 0 Å². The summed E-state index contributed by atoms with van der Waals surface area (Å²) in [5, 5.41) is 0. The van der Waals surface area contributed by atoms with Crippen molar-refractivity contribution in [1.29, 1.82) is 0 Å². The second-order valence-corrected chi connectivity index (χ2v) is 7.45. The van der Waals surface area contributed by atoms with Crippen molar-refractivity contribution in [2.75, 3.05) is 58.4 Å². The molecule has 0 atom stereocenters. The van der Waals surface area contributed by atoms with Gasteiger partial charge in [0.25, 0.3) is 0 Å². The maximum atomic E-state index is 12.5. The van der Waals surface area contributed by atoms with Gasteiger partial charge in [-0.1, -0.05) is 0 Å². The van der Waals surface area contributed by atoms with E-state index < -0.39 is 9.84 Å². The molecule has 0 aromatic heterocycles. The molecule has 1 saturated heterocycles. The Labute approximate surface area is 126 Å². The average Bonchev–Trinajstić information content (AvgIpc) is 2.46. The Balaban J connectivity index is 2.05. The molecule has 0 saturated carbocycles. The highest BCUT2D eigenvalue weighted by Crippen LogP contribution is 2.27. The average molecular weight is 313 g/mol. The Morgan fingerprint density at radius 2 is 1.90 bits per heavy atom. The molecular formula is C14H23N3O3S. The number of rotatable bonds is 5. The third-order valence-corrected chi connectivity index (χ3v) is 5.52. The maximum Gasteiger partial charge on any atom is 0.183 e. The van der Waals surface area contributed by atoms with Gasteiger partial charge in [0, 0.05) is 44.5 Å². The van der Waals surface area contributed by atoms with E-state index >= 15 is 0 Å². The van der Waals surface area contributed by atoms with Crippen molar-refractivity contribution in [2.45, 2.75) is 4.90 Å². The van der Waals surface area contributed by atoms with Crippen molar-refractivity contribution in [2.24, 2.45) is 0 Å². The van der Waals surface area contributed by atoms with Crippen LogP contribution in [0.25, 0.3) is 0 Å². The second-order valence-electron chi connectivity index (χ2n) is 5.37. The topological polar surface area (TPSA) is 75.9 Å². The summed E-state index contributed by atoms with van der Waals surface area (Å²) in [4.78, 5) is 4.64. The number of hydrogen-bond donors (Lipinski definition) is 1. The fourth-order valence-corrected chi connectivity index (χ4v) is 3.81. The van der Waals surface area contributed by atoms with E-state index in [9.17, 15) is 8.42 Å².